The molecule has 36 heavy (non-hydrogen) atoms. The zero-order valence-electron chi connectivity index (χ0n) is 19.4. The topological polar surface area (TPSA) is 55.9 Å². The number of hydrogen-bond donors (Lipinski definition) is 1. The van der Waals surface area contributed by atoms with Crippen LogP contribution in [0.15, 0.2) is 42.5 Å². The maximum atomic E-state index is 12.8. The number of carbonyl (C=O) groups excluding carboxylic acids is 2. The van der Waals surface area contributed by atoms with E-state index in [1.807, 2.05) is 17.9 Å². The molecule has 2 aliphatic heterocycles. The van der Waals surface area contributed by atoms with Gasteiger partial charge in [0.2, 0.25) is 5.91 Å². The second-order valence-electron chi connectivity index (χ2n) is 8.67. The van der Waals surface area contributed by atoms with E-state index in [-0.39, 0.29) is 22.6 Å². The highest BCUT2D eigenvalue weighted by molar-refractivity contribution is 8.01. The fourth-order valence-corrected chi connectivity index (χ4v) is 5.80. The Kier molecular flexibility index (Phi) is 8.28. The number of amides is 3. The van der Waals surface area contributed by atoms with E-state index in [2.05, 4.69) is 10.2 Å². The molecular formula is C24H25Cl2F3N4O2S. The molecule has 194 valence electrons. The number of hydrogen-bond acceptors (Lipinski definition) is 4. The summed E-state index contributed by atoms with van der Waals surface area (Å²) in [7, 11) is 0. The molecule has 3 amide bonds. The molecule has 0 radical (unpaired) electrons. The average Bonchev–Trinajstić information content (AvgIpc) is 3.13. The number of anilines is 1. The van der Waals surface area contributed by atoms with Crippen molar-refractivity contribution in [3.8, 4) is 0 Å². The number of piperazine rings is 1. The Labute approximate surface area is 221 Å². The first-order valence-corrected chi connectivity index (χ1v) is 13.1. The third-order valence-corrected chi connectivity index (χ3v) is 8.39. The summed E-state index contributed by atoms with van der Waals surface area (Å²) in [5, 5.41) is 3.27. The fourth-order valence-electron chi connectivity index (χ4n) is 4.19. The summed E-state index contributed by atoms with van der Waals surface area (Å²) in [5.74, 6) is 0.0747. The largest absolute Gasteiger partial charge is 0.416 e. The molecule has 2 saturated heterocycles. The van der Waals surface area contributed by atoms with Crippen molar-refractivity contribution in [1.29, 1.82) is 0 Å². The lowest BCUT2D eigenvalue weighted by molar-refractivity contribution is -0.137. The van der Waals surface area contributed by atoms with Crippen LogP contribution in [-0.2, 0) is 11.0 Å². The van der Waals surface area contributed by atoms with Crippen LogP contribution in [0.4, 0.5) is 23.7 Å². The summed E-state index contributed by atoms with van der Waals surface area (Å²) in [4.78, 5) is 31.0. The molecule has 2 atom stereocenters. The van der Waals surface area contributed by atoms with Gasteiger partial charge >= 0.3 is 12.2 Å². The number of rotatable bonds is 5. The lowest BCUT2D eigenvalue weighted by Gasteiger charge is -2.36. The Morgan fingerprint density at radius 2 is 1.69 bits per heavy atom. The third kappa shape index (κ3) is 6.22. The van der Waals surface area contributed by atoms with Crippen molar-refractivity contribution in [2.45, 2.75) is 23.7 Å². The summed E-state index contributed by atoms with van der Waals surface area (Å²) in [6.45, 7) is 5.30. The van der Waals surface area contributed by atoms with Gasteiger partial charge in [-0.05, 0) is 48.9 Å². The number of urea groups is 1. The van der Waals surface area contributed by atoms with E-state index in [9.17, 15) is 22.8 Å². The zero-order chi connectivity index (χ0) is 26.0. The van der Waals surface area contributed by atoms with Crippen molar-refractivity contribution >= 4 is 52.6 Å². The van der Waals surface area contributed by atoms with E-state index in [1.165, 1.54) is 12.1 Å². The molecule has 2 aromatic rings. The van der Waals surface area contributed by atoms with Crippen LogP contribution >= 0.6 is 35.0 Å². The van der Waals surface area contributed by atoms with Gasteiger partial charge in [-0.1, -0.05) is 29.3 Å². The van der Waals surface area contributed by atoms with Crippen LogP contribution in [0.2, 0.25) is 10.0 Å². The van der Waals surface area contributed by atoms with Gasteiger partial charge in [0.05, 0.1) is 20.9 Å². The predicted molar refractivity (Wildman–Crippen MR) is 136 cm³/mol. The molecule has 2 fully saturated rings. The first kappa shape index (κ1) is 26.9. The first-order chi connectivity index (χ1) is 17.0. The Morgan fingerprint density at radius 1 is 1.03 bits per heavy atom. The van der Waals surface area contributed by atoms with Gasteiger partial charge in [0.25, 0.3) is 0 Å². The van der Waals surface area contributed by atoms with Crippen LogP contribution in [0.3, 0.4) is 0 Å². The molecular weight excluding hydrogens is 536 g/mol. The normalized spacial score (nSPS) is 21.2. The van der Waals surface area contributed by atoms with E-state index >= 15 is 0 Å². The van der Waals surface area contributed by atoms with Crippen LogP contribution in [0.25, 0.3) is 0 Å². The Hall–Kier alpha value is -2.14. The Balaban J connectivity index is 1.28. The van der Waals surface area contributed by atoms with Crippen molar-refractivity contribution in [2.75, 3.05) is 44.6 Å². The molecule has 12 heteroatoms. The van der Waals surface area contributed by atoms with Gasteiger partial charge in [0, 0.05) is 45.0 Å². The second kappa shape index (κ2) is 11.1. The minimum Gasteiger partial charge on any atom is -0.324 e. The molecule has 0 aliphatic carbocycles. The molecule has 1 N–H and O–H groups in total. The SMILES string of the molecule is CC1SC(c2ccc(Cl)c(Cl)c2)N(CCN2CCN(C(=O)Nc3ccc(C(F)(F)F)cc3)CC2)C1=O. The van der Waals surface area contributed by atoms with Gasteiger partial charge in [-0.2, -0.15) is 13.2 Å². The van der Waals surface area contributed by atoms with Crippen LogP contribution in [0.1, 0.15) is 23.4 Å². The summed E-state index contributed by atoms with van der Waals surface area (Å²) < 4.78 is 38.2. The molecule has 0 bridgehead atoms. The molecule has 0 saturated carbocycles. The monoisotopic (exact) mass is 560 g/mol. The van der Waals surface area contributed by atoms with Gasteiger partial charge < -0.3 is 15.1 Å². The van der Waals surface area contributed by atoms with Gasteiger partial charge in [-0.15, -0.1) is 11.8 Å². The molecule has 0 spiro atoms. The second-order valence-corrected chi connectivity index (χ2v) is 10.9. The zero-order valence-corrected chi connectivity index (χ0v) is 21.7. The average molecular weight is 561 g/mol. The van der Waals surface area contributed by atoms with Crippen molar-refractivity contribution in [2.24, 2.45) is 0 Å². The van der Waals surface area contributed by atoms with E-state index in [1.54, 1.807) is 28.8 Å². The summed E-state index contributed by atoms with van der Waals surface area (Å²) in [6.07, 6.45) is -4.42. The highest BCUT2D eigenvalue weighted by Gasteiger charge is 2.38. The van der Waals surface area contributed by atoms with E-state index in [4.69, 9.17) is 23.2 Å². The molecule has 0 aromatic heterocycles. The minimum absolute atomic E-state index is 0.0747. The van der Waals surface area contributed by atoms with Crippen LogP contribution in [0.5, 0.6) is 0 Å². The number of alkyl halides is 3. The first-order valence-electron chi connectivity index (χ1n) is 11.4. The molecule has 6 nitrogen and oxygen atoms in total. The highest BCUT2D eigenvalue weighted by Crippen LogP contribution is 2.43. The molecule has 2 aromatic carbocycles. The van der Waals surface area contributed by atoms with Crippen molar-refractivity contribution in [3.63, 3.8) is 0 Å². The summed E-state index contributed by atoms with van der Waals surface area (Å²) >= 11 is 13.8. The smallest absolute Gasteiger partial charge is 0.324 e. The fraction of sp³-hybridized carbons (Fsp3) is 0.417. The summed E-state index contributed by atoms with van der Waals surface area (Å²) in [5.41, 5.74) is 0.472. The van der Waals surface area contributed by atoms with Crippen LogP contribution in [0, 0.1) is 0 Å². The predicted octanol–water partition coefficient (Wildman–Crippen LogP) is 5.82. The standard InChI is InChI=1S/C24H25Cl2F3N4O2S/c1-15-21(34)33(22(36-15)16-2-7-19(25)20(26)14-16)13-10-31-8-11-32(12-9-31)23(35)30-18-5-3-17(4-6-18)24(27,28)29/h2-7,14-15,22H,8-13H2,1H3,(H,30,35). The minimum atomic E-state index is -4.42. The quantitative estimate of drug-likeness (QED) is 0.500. The Morgan fingerprint density at radius 3 is 2.31 bits per heavy atom. The summed E-state index contributed by atoms with van der Waals surface area (Å²) in [6, 6.07) is 9.44. The maximum absolute atomic E-state index is 12.8. The molecule has 2 unspecified atom stereocenters. The van der Waals surface area contributed by atoms with Gasteiger partial charge in [-0.3, -0.25) is 9.69 Å². The number of halogens is 5. The lowest BCUT2D eigenvalue weighted by atomic mass is 10.2. The van der Waals surface area contributed by atoms with Gasteiger partial charge in [0.1, 0.15) is 5.37 Å². The van der Waals surface area contributed by atoms with E-state index < -0.39 is 11.7 Å². The van der Waals surface area contributed by atoms with Gasteiger partial charge in [-0.25, -0.2) is 4.79 Å². The molecule has 2 aliphatic rings. The molecule has 4 rings (SSSR count). The van der Waals surface area contributed by atoms with Crippen LogP contribution in [-0.4, -0.2) is 71.2 Å². The highest BCUT2D eigenvalue weighted by atomic mass is 35.5. The van der Waals surface area contributed by atoms with E-state index in [0.29, 0.717) is 55.0 Å². The Bertz CT molecular complexity index is 1110. The number of nitrogens with zero attached hydrogens (tertiary/aromatic N) is 3. The number of carbonyl (C=O) groups is 2. The third-order valence-electron chi connectivity index (χ3n) is 6.26. The van der Waals surface area contributed by atoms with Crippen molar-refractivity contribution in [3.05, 3.63) is 63.6 Å². The molecule has 2 heterocycles. The van der Waals surface area contributed by atoms with Crippen LogP contribution < -0.4 is 5.32 Å². The maximum Gasteiger partial charge on any atom is 0.416 e. The number of nitrogens with one attached hydrogen (secondary N) is 1. The van der Waals surface area contributed by atoms with Gasteiger partial charge in [0.15, 0.2) is 0 Å². The number of benzene rings is 2. The lowest BCUT2D eigenvalue weighted by Crippen LogP contribution is -2.51. The number of thioether (sulfide) groups is 1. The van der Waals surface area contributed by atoms with Crippen molar-refractivity contribution < 1.29 is 22.8 Å². The van der Waals surface area contributed by atoms with Crippen molar-refractivity contribution in [1.82, 2.24) is 14.7 Å². The van der Waals surface area contributed by atoms with E-state index in [0.717, 1.165) is 17.7 Å².